The predicted molar refractivity (Wildman–Crippen MR) is 152 cm³/mol. The Morgan fingerprint density at radius 2 is 2.05 bits per heavy atom. The first-order valence-corrected chi connectivity index (χ1v) is 13.0. The highest BCUT2D eigenvalue weighted by Gasteiger charge is 2.30. The minimum atomic E-state index is -0.673. The van der Waals surface area contributed by atoms with E-state index in [4.69, 9.17) is 9.72 Å². The summed E-state index contributed by atoms with van der Waals surface area (Å²) in [6, 6.07) is 10.8. The predicted octanol–water partition coefficient (Wildman–Crippen LogP) is 3.72. The van der Waals surface area contributed by atoms with E-state index in [0.29, 0.717) is 47.4 Å². The topological polar surface area (TPSA) is 127 Å². The van der Waals surface area contributed by atoms with Gasteiger partial charge in [-0.05, 0) is 48.9 Å². The smallest absolute Gasteiger partial charge is 0.246 e. The fourth-order valence-corrected chi connectivity index (χ4v) is 4.85. The molecule has 13 heteroatoms. The molecule has 1 N–H and O–H groups in total. The molecule has 0 aliphatic carbocycles. The lowest BCUT2D eigenvalue weighted by molar-refractivity contribution is -0.129. The molecule has 3 aromatic heterocycles. The lowest BCUT2D eigenvalue weighted by atomic mass is 10.2. The first-order valence-electron chi connectivity index (χ1n) is 13.0. The lowest BCUT2D eigenvalue weighted by Crippen LogP contribution is -2.56. The largest absolute Gasteiger partial charge is 0.457 e. The van der Waals surface area contributed by atoms with E-state index in [9.17, 15) is 9.18 Å². The number of hydrogen-bond acceptors (Lipinski definition) is 10. The van der Waals surface area contributed by atoms with Gasteiger partial charge in [0.05, 0.1) is 17.8 Å². The fourth-order valence-electron chi connectivity index (χ4n) is 4.85. The molecule has 2 aromatic carbocycles. The number of benzene rings is 2. The number of carbonyl (C=O) groups excluding carboxylic acids is 1. The number of anilines is 3. The minimum Gasteiger partial charge on any atom is -0.457 e. The van der Waals surface area contributed by atoms with Crippen molar-refractivity contribution in [3.8, 4) is 11.5 Å². The van der Waals surface area contributed by atoms with Crippen LogP contribution in [0.5, 0.6) is 11.5 Å². The van der Waals surface area contributed by atoms with Gasteiger partial charge in [0.15, 0.2) is 5.82 Å². The van der Waals surface area contributed by atoms with Crippen LogP contribution >= 0.6 is 0 Å². The van der Waals surface area contributed by atoms with E-state index >= 15 is 0 Å². The van der Waals surface area contributed by atoms with Crippen molar-refractivity contribution >= 4 is 45.4 Å². The van der Waals surface area contributed by atoms with Crippen LogP contribution in [0.25, 0.3) is 22.1 Å². The van der Waals surface area contributed by atoms with Gasteiger partial charge in [-0.15, -0.1) is 5.10 Å². The zero-order chi connectivity index (χ0) is 28.5. The Labute approximate surface area is 234 Å². The maximum Gasteiger partial charge on any atom is 0.246 e. The van der Waals surface area contributed by atoms with Crippen LogP contribution < -0.4 is 15.0 Å². The number of nitrogens with zero attached hydrogens (tertiary/aromatic N) is 9. The third-order valence-electron chi connectivity index (χ3n) is 7.01. The summed E-state index contributed by atoms with van der Waals surface area (Å²) in [6.07, 6.45) is 4.27. The molecule has 12 nitrogen and oxygen atoms in total. The standard InChI is InChI=1S/C28H27FN10O2/c1-4-25(40)39-10-9-38(15-19(39)13-29)28-30-14-22-26(34-28)27(32-16-31-22)33-18-5-8-24(17(2)11-18)41-20-6-7-23-21(12-20)35-36-37(23)3/h4-8,11-12,14,16,19H,1,9-10,13,15H2,2-3H3,(H,31,32,33). The molecule has 1 fully saturated rings. The summed E-state index contributed by atoms with van der Waals surface area (Å²) >= 11 is 0. The normalized spacial score (nSPS) is 15.3. The second-order valence-electron chi connectivity index (χ2n) is 9.69. The Morgan fingerprint density at radius 3 is 2.85 bits per heavy atom. The van der Waals surface area contributed by atoms with Crippen molar-refractivity contribution in [1.29, 1.82) is 0 Å². The monoisotopic (exact) mass is 554 g/mol. The quantitative estimate of drug-likeness (QED) is 0.297. The summed E-state index contributed by atoms with van der Waals surface area (Å²) in [7, 11) is 1.84. The highest BCUT2D eigenvalue weighted by Crippen LogP contribution is 2.31. The van der Waals surface area contributed by atoms with Gasteiger partial charge >= 0.3 is 0 Å². The van der Waals surface area contributed by atoms with Gasteiger partial charge in [0, 0.05) is 38.4 Å². The molecule has 5 aromatic rings. The molecule has 0 spiro atoms. The summed E-state index contributed by atoms with van der Waals surface area (Å²) in [5.74, 6) is 2.00. The van der Waals surface area contributed by atoms with Crippen LogP contribution in [-0.2, 0) is 11.8 Å². The summed E-state index contributed by atoms with van der Waals surface area (Å²) in [5.41, 5.74) is 4.45. The maximum atomic E-state index is 13.8. The van der Waals surface area contributed by atoms with Gasteiger partial charge < -0.3 is 19.9 Å². The van der Waals surface area contributed by atoms with Crippen LogP contribution in [0.1, 0.15) is 5.56 Å². The van der Waals surface area contributed by atoms with Crippen molar-refractivity contribution in [2.24, 2.45) is 7.05 Å². The third-order valence-corrected chi connectivity index (χ3v) is 7.01. The number of aryl methyl sites for hydroxylation is 2. The number of halogens is 1. The molecule has 0 saturated carbocycles. The molecule has 208 valence electrons. The van der Waals surface area contributed by atoms with E-state index in [-0.39, 0.29) is 12.5 Å². The zero-order valence-electron chi connectivity index (χ0n) is 22.5. The minimum absolute atomic E-state index is 0.266. The van der Waals surface area contributed by atoms with Gasteiger partial charge in [0.25, 0.3) is 0 Å². The highest BCUT2D eigenvalue weighted by atomic mass is 19.1. The van der Waals surface area contributed by atoms with Crippen molar-refractivity contribution in [3.05, 3.63) is 67.1 Å². The average Bonchev–Trinajstić information content (AvgIpc) is 3.37. The molecule has 1 aliphatic heterocycles. The van der Waals surface area contributed by atoms with E-state index in [1.54, 1.807) is 10.9 Å². The number of amides is 1. The van der Waals surface area contributed by atoms with Gasteiger partial charge in [0.1, 0.15) is 41.1 Å². The molecular weight excluding hydrogens is 527 g/mol. The number of ether oxygens (including phenoxy) is 1. The van der Waals surface area contributed by atoms with Crippen LogP contribution in [-0.4, -0.2) is 78.1 Å². The zero-order valence-corrected chi connectivity index (χ0v) is 22.5. The number of alkyl halides is 1. The molecule has 6 rings (SSSR count). The van der Waals surface area contributed by atoms with Gasteiger partial charge in [-0.1, -0.05) is 11.8 Å². The summed E-state index contributed by atoms with van der Waals surface area (Å²) in [5, 5.41) is 11.5. The first kappa shape index (κ1) is 26.0. The highest BCUT2D eigenvalue weighted by molar-refractivity contribution is 5.88. The summed E-state index contributed by atoms with van der Waals surface area (Å²) < 4.78 is 21.6. The van der Waals surface area contributed by atoms with Crippen LogP contribution in [0.4, 0.5) is 21.8 Å². The van der Waals surface area contributed by atoms with Crippen molar-refractivity contribution in [1.82, 2.24) is 39.8 Å². The molecule has 1 unspecified atom stereocenters. The van der Waals surface area contributed by atoms with Gasteiger partial charge in [-0.3, -0.25) is 4.79 Å². The number of carbonyl (C=O) groups is 1. The number of nitrogens with one attached hydrogen (secondary N) is 1. The van der Waals surface area contributed by atoms with Crippen molar-refractivity contribution in [2.45, 2.75) is 13.0 Å². The Hall–Kier alpha value is -5.20. The number of aromatic nitrogens is 7. The van der Waals surface area contributed by atoms with Crippen molar-refractivity contribution in [2.75, 3.05) is 36.5 Å². The number of fused-ring (bicyclic) bond motifs is 2. The van der Waals surface area contributed by atoms with Crippen LogP contribution in [0.2, 0.25) is 0 Å². The van der Waals surface area contributed by atoms with Gasteiger partial charge in [0.2, 0.25) is 11.9 Å². The molecule has 1 amide bonds. The summed E-state index contributed by atoms with van der Waals surface area (Å²) in [4.78, 5) is 33.3. The van der Waals surface area contributed by atoms with E-state index in [0.717, 1.165) is 22.3 Å². The molecular formula is C28H27FN10O2. The Bertz CT molecular complexity index is 1770. The third kappa shape index (κ3) is 5.09. The molecule has 41 heavy (non-hydrogen) atoms. The van der Waals surface area contributed by atoms with E-state index in [1.807, 2.05) is 55.3 Å². The second kappa shape index (κ2) is 10.8. The van der Waals surface area contributed by atoms with Gasteiger partial charge in [-0.25, -0.2) is 29.0 Å². The molecule has 4 heterocycles. The van der Waals surface area contributed by atoms with Crippen molar-refractivity contribution in [3.63, 3.8) is 0 Å². The number of hydrogen-bond donors (Lipinski definition) is 1. The van der Waals surface area contributed by atoms with E-state index in [1.165, 1.54) is 17.3 Å². The second-order valence-corrected chi connectivity index (χ2v) is 9.69. The fraction of sp³-hybridized carbons (Fsp3) is 0.250. The molecule has 1 aliphatic rings. The molecule has 0 bridgehead atoms. The number of rotatable bonds is 7. The van der Waals surface area contributed by atoms with E-state index < -0.39 is 12.7 Å². The average molecular weight is 555 g/mol. The van der Waals surface area contributed by atoms with E-state index in [2.05, 4.69) is 37.2 Å². The van der Waals surface area contributed by atoms with Crippen LogP contribution in [0.15, 0.2) is 61.6 Å². The molecule has 1 saturated heterocycles. The van der Waals surface area contributed by atoms with Crippen molar-refractivity contribution < 1.29 is 13.9 Å². The molecule has 0 radical (unpaired) electrons. The number of piperazine rings is 1. The molecule has 1 atom stereocenters. The maximum absolute atomic E-state index is 13.8. The first-order chi connectivity index (χ1) is 19.9. The SMILES string of the molecule is C=CC(=O)N1CCN(c2ncc3ncnc(Nc4ccc(Oc5ccc6c(c5)nnn6C)c(C)c4)c3n2)CC1CF. The Morgan fingerprint density at radius 1 is 1.17 bits per heavy atom. The summed E-state index contributed by atoms with van der Waals surface area (Å²) in [6.45, 7) is 5.87. The van der Waals surface area contributed by atoms with Crippen LogP contribution in [0.3, 0.4) is 0 Å². The lowest BCUT2D eigenvalue weighted by Gasteiger charge is -2.39. The Kier molecular flexibility index (Phi) is 6.83. The van der Waals surface area contributed by atoms with Gasteiger partial charge in [-0.2, -0.15) is 0 Å². The Balaban J connectivity index is 1.22. The van der Waals surface area contributed by atoms with Crippen LogP contribution in [0, 0.1) is 6.92 Å².